The number of benzene rings is 1. The summed E-state index contributed by atoms with van der Waals surface area (Å²) in [5, 5.41) is 9.42. The van der Waals surface area contributed by atoms with Gasteiger partial charge < -0.3 is 16.0 Å². The van der Waals surface area contributed by atoms with Crippen LogP contribution >= 0.6 is 24.0 Å². The zero-order valence-corrected chi connectivity index (χ0v) is 19.2. The lowest BCUT2D eigenvalue weighted by Gasteiger charge is -2.29. The van der Waals surface area contributed by atoms with Crippen LogP contribution < -0.4 is 16.0 Å². The third-order valence-electron chi connectivity index (χ3n) is 4.38. The fourth-order valence-corrected chi connectivity index (χ4v) is 3.23. The number of carbonyl (C=O) groups excluding carboxylic acids is 1. The van der Waals surface area contributed by atoms with Crippen molar-refractivity contribution in [2.75, 3.05) is 33.2 Å². The number of aliphatic imine (C=N–C) groups is 1. The van der Waals surface area contributed by atoms with E-state index in [1.807, 2.05) is 26.8 Å². The van der Waals surface area contributed by atoms with E-state index in [1.165, 1.54) is 18.4 Å². The monoisotopic (exact) mass is 487 g/mol. The lowest BCUT2D eigenvalue weighted by Crippen LogP contribution is -2.49. The summed E-state index contributed by atoms with van der Waals surface area (Å²) in [5.41, 5.74) is 1.08. The molecule has 1 aromatic rings. The molecule has 1 aromatic carbocycles. The first kappa shape index (κ1) is 23.7. The number of hydrogen-bond acceptors (Lipinski definition) is 3. The van der Waals surface area contributed by atoms with Gasteiger partial charge in [-0.25, -0.2) is 0 Å². The summed E-state index contributed by atoms with van der Waals surface area (Å²) in [6.07, 6.45) is 2.51. The molecule has 3 N–H and O–H groups in total. The molecule has 1 heterocycles. The van der Waals surface area contributed by atoms with E-state index < -0.39 is 0 Å². The van der Waals surface area contributed by atoms with E-state index in [0.717, 1.165) is 19.6 Å². The number of carbonyl (C=O) groups is 1. The van der Waals surface area contributed by atoms with Crippen LogP contribution in [0.1, 0.15) is 45.2 Å². The van der Waals surface area contributed by atoms with Crippen molar-refractivity contribution in [2.24, 2.45) is 4.99 Å². The summed E-state index contributed by atoms with van der Waals surface area (Å²) >= 11 is 0. The summed E-state index contributed by atoms with van der Waals surface area (Å²) in [7, 11) is 1.73. The highest BCUT2D eigenvalue weighted by Crippen LogP contribution is 2.24. The van der Waals surface area contributed by atoms with E-state index in [0.29, 0.717) is 12.0 Å². The maximum Gasteiger partial charge on any atom is 0.239 e. The Kier molecular flexibility index (Phi) is 10.1. The molecule has 1 atom stereocenters. The summed E-state index contributed by atoms with van der Waals surface area (Å²) in [6.45, 7) is 9.12. The highest BCUT2D eigenvalue weighted by atomic mass is 127. The second-order valence-corrected chi connectivity index (χ2v) is 7.77. The van der Waals surface area contributed by atoms with Gasteiger partial charge in [0, 0.05) is 19.1 Å². The molecule has 152 valence electrons. The Labute approximate surface area is 180 Å². The second kappa shape index (κ2) is 11.5. The van der Waals surface area contributed by atoms with Crippen LogP contribution in [0.2, 0.25) is 0 Å². The SMILES string of the molecule is CN=C(NCC(=O)NC(C)(C)C)NCC(c1ccccc1)N1CCCC1.I. The standard InChI is InChI=1S/C20H33N5O.HI/c1-20(2,3)24-18(26)15-23-19(21-4)22-14-17(25-12-8-9-13-25)16-10-6-5-7-11-16;/h5-7,10-11,17H,8-9,12-15H2,1-4H3,(H,24,26)(H2,21,22,23);1H. The number of amides is 1. The molecule has 1 aliphatic rings. The zero-order valence-electron chi connectivity index (χ0n) is 16.9. The Bertz CT molecular complexity index is 594. The van der Waals surface area contributed by atoms with Crippen molar-refractivity contribution in [3.05, 3.63) is 35.9 Å². The fourth-order valence-electron chi connectivity index (χ4n) is 3.23. The molecule has 2 rings (SSSR count). The minimum absolute atomic E-state index is 0. The van der Waals surface area contributed by atoms with Gasteiger partial charge in [-0.1, -0.05) is 30.3 Å². The van der Waals surface area contributed by atoms with Crippen molar-refractivity contribution in [2.45, 2.75) is 45.2 Å². The number of halogens is 1. The molecular formula is C20H34IN5O. The van der Waals surface area contributed by atoms with Gasteiger partial charge in [0.1, 0.15) is 0 Å². The smallest absolute Gasteiger partial charge is 0.239 e. The Morgan fingerprint density at radius 1 is 1.15 bits per heavy atom. The Morgan fingerprint density at radius 2 is 1.78 bits per heavy atom. The van der Waals surface area contributed by atoms with Crippen LogP contribution in [0.4, 0.5) is 0 Å². The second-order valence-electron chi connectivity index (χ2n) is 7.77. The molecule has 1 unspecified atom stereocenters. The molecule has 1 aliphatic heterocycles. The summed E-state index contributed by atoms with van der Waals surface area (Å²) in [6, 6.07) is 10.9. The van der Waals surface area contributed by atoms with E-state index in [-0.39, 0.29) is 42.0 Å². The Morgan fingerprint density at radius 3 is 2.33 bits per heavy atom. The summed E-state index contributed by atoms with van der Waals surface area (Å²) in [4.78, 5) is 18.7. The molecule has 0 aromatic heterocycles. The molecule has 0 aliphatic carbocycles. The minimum atomic E-state index is -0.232. The van der Waals surface area contributed by atoms with Crippen LogP contribution in [0, 0.1) is 0 Å². The first-order valence-electron chi connectivity index (χ1n) is 9.43. The van der Waals surface area contributed by atoms with E-state index in [4.69, 9.17) is 0 Å². The van der Waals surface area contributed by atoms with Gasteiger partial charge in [0.05, 0.1) is 12.6 Å². The molecule has 27 heavy (non-hydrogen) atoms. The van der Waals surface area contributed by atoms with Gasteiger partial charge in [-0.15, -0.1) is 24.0 Å². The fraction of sp³-hybridized carbons (Fsp3) is 0.600. The number of rotatable bonds is 6. The van der Waals surface area contributed by atoms with Crippen molar-refractivity contribution in [1.29, 1.82) is 0 Å². The lowest BCUT2D eigenvalue weighted by atomic mass is 10.1. The van der Waals surface area contributed by atoms with Gasteiger partial charge in [0.25, 0.3) is 0 Å². The maximum atomic E-state index is 12.0. The molecule has 6 nitrogen and oxygen atoms in total. The van der Waals surface area contributed by atoms with Gasteiger partial charge in [-0.3, -0.25) is 14.7 Å². The summed E-state index contributed by atoms with van der Waals surface area (Å²) < 4.78 is 0. The molecule has 0 bridgehead atoms. The third-order valence-corrected chi connectivity index (χ3v) is 4.38. The molecule has 0 saturated carbocycles. The van der Waals surface area contributed by atoms with Crippen LogP contribution in [-0.2, 0) is 4.79 Å². The molecule has 1 amide bonds. The van der Waals surface area contributed by atoms with Gasteiger partial charge >= 0.3 is 0 Å². The first-order chi connectivity index (χ1) is 12.4. The van der Waals surface area contributed by atoms with Crippen molar-refractivity contribution in [1.82, 2.24) is 20.9 Å². The Hall–Kier alpha value is -1.35. The topological polar surface area (TPSA) is 68.8 Å². The average Bonchev–Trinajstić information content (AvgIpc) is 3.11. The van der Waals surface area contributed by atoms with Crippen LogP contribution in [0.25, 0.3) is 0 Å². The number of hydrogen-bond donors (Lipinski definition) is 3. The largest absolute Gasteiger partial charge is 0.354 e. The van der Waals surface area contributed by atoms with Crippen LogP contribution in [0.5, 0.6) is 0 Å². The molecule has 0 spiro atoms. The van der Waals surface area contributed by atoms with Crippen molar-refractivity contribution >= 4 is 35.8 Å². The molecular weight excluding hydrogens is 453 g/mol. The van der Waals surface area contributed by atoms with E-state index >= 15 is 0 Å². The first-order valence-corrected chi connectivity index (χ1v) is 9.43. The lowest BCUT2D eigenvalue weighted by molar-refractivity contribution is -0.121. The quantitative estimate of drug-likeness (QED) is 0.328. The van der Waals surface area contributed by atoms with Crippen molar-refractivity contribution in [3.63, 3.8) is 0 Å². The van der Waals surface area contributed by atoms with E-state index in [1.54, 1.807) is 7.05 Å². The number of nitrogens with one attached hydrogen (secondary N) is 3. The normalized spacial score (nSPS) is 16.4. The van der Waals surface area contributed by atoms with Gasteiger partial charge in [0.15, 0.2) is 5.96 Å². The Balaban J connectivity index is 0.00000364. The van der Waals surface area contributed by atoms with Gasteiger partial charge in [-0.05, 0) is 52.3 Å². The van der Waals surface area contributed by atoms with Crippen molar-refractivity contribution in [3.8, 4) is 0 Å². The van der Waals surface area contributed by atoms with Crippen LogP contribution in [0.15, 0.2) is 35.3 Å². The van der Waals surface area contributed by atoms with E-state index in [2.05, 4.69) is 50.1 Å². The van der Waals surface area contributed by atoms with E-state index in [9.17, 15) is 4.79 Å². The van der Waals surface area contributed by atoms with Crippen LogP contribution in [-0.4, -0.2) is 55.5 Å². The van der Waals surface area contributed by atoms with Crippen molar-refractivity contribution < 1.29 is 4.79 Å². The van der Waals surface area contributed by atoms with Gasteiger partial charge in [-0.2, -0.15) is 0 Å². The summed E-state index contributed by atoms with van der Waals surface area (Å²) in [5.74, 6) is 0.605. The highest BCUT2D eigenvalue weighted by Gasteiger charge is 2.23. The molecule has 7 heteroatoms. The van der Waals surface area contributed by atoms with Crippen LogP contribution in [0.3, 0.4) is 0 Å². The molecule has 0 radical (unpaired) electrons. The molecule has 1 saturated heterocycles. The average molecular weight is 487 g/mol. The van der Waals surface area contributed by atoms with Gasteiger partial charge in [0.2, 0.25) is 5.91 Å². The number of nitrogens with zero attached hydrogens (tertiary/aromatic N) is 2. The predicted molar refractivity (Wildman–Crippen MR) is 123 cm³/mol. The number of guanidine groups is 1. The minimum Gasteiger partial charge on any atom is -0.354 e. The third kappa shape index (κ3) is 8.47. The highest BCUT2D eigenvalue weighted by molar-refractivity contribution is 14.0. The number of likely N-dealkylation sites (tertiary alicyclic amines) is 1. The zero-order chi connectivity index (χ0) is 19.0. The maximum absolute atomic E-state index is 12.0. The molecule has 1 fully saturated rings. The predicted octanol–water partition coefficient (Wildman–Crippen LogP) is 2.52.